The zero-order valence-electron chi connectivity index (χ0n) is 13.6. The molecule has 1 amide bonds. The molecule has 1 heterocycles. The standard InChI is InChI=1S/C19H18FN3O2/c20-14-5-3-4-13(12-14)8-9-18(24)21-11-10-17-22-16-7-2-1-6-15(16)19(25)23-17/h1-7,12H,8-11H2,(H,21,24)(H,22,23,25). The summed E-state index contributed by atoms with van der Waals surface area (Å²) >= 11 is 0. The lowest BCUT2D eigenvalue weighted by Crippen LogP contribution is -2.27. The van der Waals surface area contributed by atoms with Crippen molar-refractivity contribution in [1.82, 2.24) is 15.3 Å². The van der Waals surface area contributed by atoms with Crippen molar-refractivity contribution in [2.24, 2.45) is 0 Å². The zero-order chi connectivity index (χ0) is 17.6. The first-order valence-electron chi connectivity index (χ1n) is 8.11. The fraction of sp³-hybridized carbons (Fsp3) is 0.211. The lowest BCUT2D eigenvalue weighted by molar-refractivity contribution is -0.121. The van der Waals surface area contributed by atoms with Crippen LogP contribution in [0.2, 0.25) is 0 Å². The number of amides is 1. The summed E-state index contributed by atoms with van der Waals surface area (Å²) in [6.07, 6.45) is 1.20. The minimum atomic E-state index is -0.302. The molecule has 2 aromatic carbocycles. The maximum atomic E-state index is 13.1. The predicted octanol–water partition coefficient (Wildman–Crippen LogP) is 2.35. The maximum absolute atomic E-state index is 13.1. The number of carbonyl (C=O) groups is 1. The first kappa shape index (κ1) is 16.8. The fourth-order valence-electron chi connectivity index (χ4n) is 2.61. The number of aryl methyl sites for hydroxylation is 1. The van der Waals surface area contributed by atoms with Crippen molar-refractivity contribution in [2.45, 2.75) is 19.3 Å². The molecule has 128 valence electrons. The minimum Gasteiger partial charge on any atom is -0.356 e. The Bertz CT molecular complexity index is 953. The number of nitrogens with one attached hydrogen (secondary N) is 2. The van der Waals surface area contributed by atoms with Crippen molar-refractivity contribution in [2.75, 3.05) is 6.54 Å². The number of H-pyrrole nitrogens is 1. The molecule has 0 radical (unpaired) electrons. The van der Waals surface area contributed by atoms with E-state index in [9.17, 15) is 14.0 Å². The van der Waals surface area contributed by atoms with Gasteiger partial charge in [0.15, 0.2) is 0 Å². The Balaban J connectivity index is 1.51. The highest BCUT2D eigenvalue weighted by Gasteiger charge is 2.05. The van der Waals surface area contributed by atoms with Gasteiger partial charge < -0.3 is 10.3 Å². The Hall–Kier alpha value is -3.02. The van der Waals surface area contributed by atoms with E-state index in [-0.39, 0.29) is 23.7 Å². The molecule has 2 N–H and O–H groups in total. The van der Waals surface area contributed by atoms with E-state index in [0.29, 0.717) is 36.1 Å². The van der Waals surface area contributed by atoms with E-state index in [4.69, 9.17) is 0 Å². The monoisotopic (exact) mass is 339 g/mol. The van der Waals surface area contributed by atoms with Gasteiger partial charge in [0.05, 0.1) is 10.9 Å². The van der Waals surface area contributed by atoms with Gasteiger partial charge in [-0.1, -0.05) is 24.3 Å². The predicted molar refractivity (Wildman–Crippen MR) is 93.8 cm³/mol. The van der Waals surface area contributed by atoms with Crippen LogP contribution >= 0.6 is 0 Å². The van der Waals surface area contributed by atoms with Gasteiger partial charge in [-0.05, 0) is 36.2 Å². The second-order valence-electron chi connectivity index (χ2n) is 5.76. The quantitative estimate of drug-likeness (QED) is 0.724. The molecule has 1 aromatic heterocycles. The smallest absolute Gasteiger partial charge is 0.258 e. The third kappa shape index (κ3) is 4.50. The van der Waals surface area contributed by atoms with E-state index >= 15 is 0 Å². The number of nitrogens with zero attached hydrogens (tertiary/aromatic N) is 1. The Morgan fingerprint density at radius 1 is 1.12 bits per heavy atom. The maximum Gasteiger partial charge on any atom is 0.258 e. The van der Waals surface area contributed by atoms with Crippen molar-refractivity contribution in [3.8, 4) is 0 Å². The topological polar surface area (TPSA) is 74.8 Å². The van der Waals surface area contributed by atoms with Crippen LogP contribution in [0.1, 0.15) is 17.8 Å². The second kappa shape index (κ2) is 7.70. The third-order valence-corrected chi connectivity index (χ3v) is 3.88. The average Bonchev–Trinajstić information content (AvgIpc) is 2.60. The second-order valence-corrected chi connectivity index (χ2v) is 5.76. The highest BCUT2D eigenvalue weighted by atomic mass is 19.1. The van der Waals surface area contributed by atoms with Gasteiger partial charge >= 0.3 is 0 Å². The van der Waals surface area contributed by atoms with Gasteiger partial charge in [0.2, 0.25) is 5.91 Å². The van der Waals surface area contributed by atoms with E-state index in [1.807, 2.05) is 6.07 Å². The summed E-state index contributed by atoms with van der Waals surface area (Å²) in [6, 6.07) is 13.3. The van der Waals surface area contributed by atoms with Crippen LogP contribution < -0.4 is 10.9 Å². The van der Waals surface area contributed by atoms with Gasteiger partial charge in [-0.25, -0.2) is 9.37 Å². The van der Waals surface area contributed by atoms with E-state index < -0.39 is 0 Å². The highest BCUT2D eigenvalue weighted by molar-refractivity contribution is 5.77. The first-order valence-corrected chi connectivity index (χ1v) is 8.11. The molecular weight excluding hydrogens is 321 g/mol. The summed E-state index contributed by atoms with van der Waals surface area (Å²) in [5, 5.41) is 3.34. The van der Waals surface area contributed by atoms with Gasteiger partial charge in [-0.2, -0.15) is 0 Å². The van der Waals surface area contributed by atoms with Crippen molar-refractivity contribution in [1.29, 1.82) is 0 Å². The SMILES string of the molecule is O=C(CCc1cccc(F)c1)NCCc1nc2ccccc2c(=O)[nH]1. The number of aromatic amines is 1. The summed E-state index contributed by atoms with van der Waals surface area (Å²) in [6.45, 7) is 0.378. The molecule has 0 unspecified atom stereocenters. The number of carbonyl (C=O) groups excluding carboxylic acids is 1. The van der Waals surface area contributed by atoms with E-state index in [1.54, 1.807) is 30.3 Å². The molecule has 0 fully saturated rings. The van der Waals surface area contributed by atoms with Crippen LogP contribution in [0.15, 0.2) is 53.3 Å². The Morgan fingerprint density at radius 3 is 2.80 bits per heavy atom. The molecule has 0 aliphatic carbocycles. The number of fused-ring (bicyclic) bond motifs is 1. The number of aromatic nitrogens is 2. The summed E-state index contributed by atoms with van der Waals surface area (Å²) in [5.41, 5.74) is 1.24. The van der Waals surface area contributed by atoms with Gasteiger partial charge in [-0.15, -0.1) is 0 Å². The summed E-state index contributed by atoms with van der Waals surface area (Å²) in [4.78, 5) is 31.0. The zero-order valence-corrected chi connectivity index (χ0v) is 13.6. The molecule has 25 heavy (non-hydrogen) atoms. The third-order valence-electron chi connectivity index (χ3n) is 3.88. The Kier molecular flexibility index (Phi) is 5.18. The van der Waals surface area contributed by atoms with Crippen LogP contribution in [0.5, 0.6) is 0 Å². The van der Waals surface area contributed by atoms with Gasteiger partial charge in [0.25, 0.3) is 5.56 Å². The van der Waals surface area contributed by atoms with Crippen LogP contribution in [0.3, 0.4) is 0 Å². The van der Waals surface area contributed by atoms with Crippen LogP contribution in [0.4, 0.5) is 4.39 Å². The number of para-hydroxylation sites is 1. The number of halogens is 1. The van der Waals surface area contributed by atoms with Crippen molar-refractivity contribution in [3.05, 3.63) is 76.1 Å². The Labute approximate surface area is 143 Å². The van der Waals surface area contributed by atoms with Crippen LogP contribution in [-0.2, 0) is 17.6 Å². The van der Waals surface area contributed by atoms with Crippen LogP contribution in [-0.4, -0.2) is 22.4 Å². The normalized spacial score (nSPS) is 10.8. The molecule has 0 aliphatic heterocycles. The van der Waals surface area contributed by atoms with E-state index in [0.717, 1.165) is 5.56 Å². The highest BCUT2D eigenvalue weighted by Crippen LogP contribution is 2.07. The lowest BCUT2D eigenvalue weighted by Gasteiger charge is -2.06. The molecule has 6 heteroatoms. The number of hydrogen-bond acceptors (Lipinski definition) is 3. The number of benzene rings is 2. The van der Waals surface area contributed by atoms with E-state index in [2.05, 4.69) is 15.3 Å². The summed E-state index contributed by atoms with van der Waals surface area (Å²) in [5.74, 6) is 0.116. The molecule has 0 aliphatic rings. The van der Waals surface area contributed by atoms with E-state index in [1.165, 1.54) is 12.1 Å². The first-order chi connectivity index (χ1) is 12.1. The van der Waals surface area contributed by atoms with Crippen molar-refractivity contribution < 1.29 is 9.18 Å². The van der Waals surface area contributed by atoms with Crippen LogP contribution in [0.25, 0.3) is 10.9 Å². The molecule has 5 nitrogen and oxygen atoms in total. The molecule has 0 spiro atoms. The summed E-state index contributed by atoms with van der Waals surface area (Å²) < 4.78 is 13.1. The Morgan fingerprint density at radius 2 is 1.96 bits per heavy atom. The molecule has 0 bridgehead atoms. The minimum absolute atomic E-state index is 0.118. The largest absolute Gasteiger partial charge is 0.356 e. The van der Waals surface area contributed by atoms with Gasteiger partial charge in [-0.3, -0.25) is 9.59 Å². The van der Waals surface area contributed by atoms with Crippen LogP contribution in [0, 0.1) is 5.82 Å². The van der Waals surface area contributed by atoms with Crippen molar-refractivity contribution >= 4 is 16.8 Å². The summed E-state index contributed by atoms with van der Waals surface area (Å²) in [7, 11) is 0. The molecule has 0 atom stereocenters. The van der Waals surface area contributed by atoms with Gasteiger partial charge in [0, 0.05) is 19.4 Å². The average molecular weight is 339 g/mol. The molecular formula is C19H18FN3O2. The molecule has 3 aromatic rings. The molecule has 0 saturated carbocycles. The number of hydrogen-bond donors (Lipinski definition) is 2. The van der Waals surface area contributed by atoms with Crippen molar-refractivity contribution in [3.63, 3.8) is 0 Å². The molecule has 3 rings (SSSR count). The fourth-order valence-corrected chi connectivity index (χ4v) is 2.61. The number of rotatable bonds is 6. The van der Waals surface area contributed by atoms with Gasteiger partial charge in [0.1, 0.15) is 11.6 Å². The lowest BCUT2D eigenvalue weighted by atomic mass is 10.1. The molecule has 0 saturated heterocycles.